The third kappa shape index (κ3) is 3.03. The third-order valence-corrected chi connectivity index (χ3v) is 5.87. The lowest BCUT2D eigenvalue weighted by Gasteiger charge is -2.44. The molecule has 7 nitrogen and oxygen atoms in total. The Morgan fingerprint density at radius 2 is 1.96 bits per heavy atom. The minimum absolute atomic E-state index is 0.00436. The van der Waals surface area contributed by atoms with Gasteiger partial charge in [-0.05, 0) is 19.9 Å². The highest BCUT2D eigenvalue weighted by Crippen LogP contribution is 2.44. The number of carbonyl (C=O) groups is 2. The molecule has 2 amide bonds. The third-order valence-electron chi connectivity index (χ3n) is 5.59. The maximum atomic E-state index is 15.0. The summed E-state index contributed by atoms with van der Waals surface area (Å²) in [6, 6.07) is 1.25. The molecule has 3 aliphatic rings. The van der Waals surface area contributed by atoms with Crippen LogP contribution in [0.25, 0.3) is 0 Å². The summed E-state index contributed by atoms with van der Waals surface area (Å²) in [5.41, 5.74) is 0.661. The van der Waals surface area contributed by atoms with Crippen LogP contribution in [0.4, 0.5) is 4.39 Å². The van der Waals surface area contributed by atoms with Crippen molar-refractivity contribution in [2.45, 2.75) is 45.2 Å². The van der Waals surface area contributed by atoms with Gasteiger partial charge in [0.1, 0.15) is 5.75 Å². The number of halogens is 2. The van der Waals surface area contributed by atoms with Gasteiger partial charge in [-0.25, -0.2) is 4.39 Å². The summed E-state index contributed by atoms with van der Waals surface area (Å²) in [5.74, 6) is -1.83. The number of likely N-dealkylation sites (tertiary alicyclic amines) is 1. The number of amides is 2. The number of hydrogen-bond donors (Lipinski definition) is 0. The molecule has 1 aromatic rings. The Bertz CT molecular complexity index is 836. The maximum absolute atomic E-state index is 15.0. The standard InChI is InChI=1S/C19H22ClFN2O5/c1-10-18(25)23(12-7-22(8-12)11(2)24)9-13-16(21)15(20)6-14(17(13)28-10)19(3)26-4-5-27-19/h6,10,12H,4-5,7-9H2,1-3H3. The maximum Gasteiger partial charge on any atom is 0.264 e. The second-order valence-corrected chi connectivity index (χ2v) is 7.88. The van der Waals surface area contributed by atoms with Crippen LogP contribution in [0.3, 0.4) is 0 Å². The first-order valence-electron chi connectivity index (χ1n) is 9.23. The minimum atomic E-state index is -1.12. The predicted octanol–water partition coefficient (Wildman–Crippen LogP) is 2.04. The Labute approximate surface area is 167 Å². The second-order valence-electron chi connectivity index (χ2n) is 7.47. The van der Waals surface area contributed by atoms with Crippen LogP contribution in [0.1, 0.15) is 31.9 Å². The molecule has 1 unspecified atom stereocenters. The van der Waals surface area contributed by atoms with Crippen molar-refractivity contribution in [2.24, 2.45) is 0 Å². The van der Waals surface area contributed by atoms with E-state index in [1.54, 1.807) is 23.6 Å². The average Bonchev–Trinajstić information content (AvgIpc) is 2.99. The lowest BCUT2D eigenvalue weighted by Crippen LogP contribution is -2.62. The van der Waals surface area contributed by atoms with E-state index in [2.05, 4.69) is 0 Å². The predicted molar refractivity (Wildman–Crippen MR) is 97.3 cm³/mol. The van der Waals surface area contributed by atoms with Crippen molar-refractivity contribution in [1.82, 2.24) is 9.80 Å². The first-order valence-corrected chi connectivity index (χ1v) is 9.61. The Morgan fingerprint density at radius 3 is 2.57 bits per heavy atom. The van der Waals surface area contributed by atoms with E-state index < -0.39 is 17.7 Å². The zero-order chi connectivity index (χ0) is 20.2. The van der Waals surface area contributed by atoms with E-state index in [1.807, 2.05) is 0 Å². The fourth-order valence-electron chi connectivity index (χ4n) is 3.87. The van der Waals surface area contributed by atoms with E-state index in [9.17, 15) is 14.0 Å². The fraction of sp³-hybridized carbons (Fsp3) is 0.579. The van der Waals surface area contributed by atoms with E-state index >= 15 is 0 Å². The molecular formula is C19H22ClFN2O5. The van der Waals surface area contributed by atoms with Crippen molar-refractivity contribution in [1.29, 1.82) is 0 Å². The van der Waals surface area contributed by atoms with E-state index in [-0.39, 0.29) is 40.7 Å². The van der Waals surface area contributed by atoms with Crippen molar-refractivity contribution < 1.29 is 28.2 Å². The number of benzene rings is 1. The molecule has 1 aromatic carbocycles. The number of rotatable bonds is 2. The summed E-state index contributed by atoms with van der Waals surface area (Å²) in [6.45, 7) is 6.46. The van der Waals surface area contributed by atoms with Gasteiger partial charge in [0.05, 0.1) is 41.9 Å². The molecule has 3 heterocycles. The number of nitrogens with zero attached hydrogens (tertiary/aromatic N) is 2. The SMILES string of the molecule is CC(=O)N1CC(N2Cc3c(F)c(Cl)cc(C4(C)OCCO4)c3OC(C)C2=O)C1. The number of fused-ring (bicyclic) bond motifs is 1. The van der Waals surface area contributed by atoms with Gasteiger partial charge in [-0.15, -0.1) is 0 Å². The Hall–Kier alpha value is -1.90. The van der Waals surface area contributed by atoms with Crippen LogP contribution in [0, 0.1) is 5.82 Å². The van der Waals surface area contributed by atoms with Crippen LogP contribution in [0.5, 0.6) is 5.75 Å². The van der Waals surface area contributed by atoms with Crippen LogP contribution in [-0.4, -0.2) is 60.1 Å². The van der Waals surface area contributed by atoms with Crippen molar-refractivity contribution in [3.8, 4) is 5.75 Å². The molecule has 9 heteroatoms. The highest BCUT2D eigenvalue weighted by atomic mass is 35.5. The number of hydrogen-bond acceptors (Lipinski definition) is 5. The molecular weight excluding hydrogens is 391 g/mol. The average molecular weight is 413 g/mol. The van der Waals surface area contributed by atoms with E-state index in [0.717, 1.165) is 0 Å². The van der Waals surface area contributed by atoms with Gasteiger partial charge in [0.2, 0.25) is 5.91 Å². The smallest absolute Gasteiger partial charge is 0.264 e. The van der Waals surface area contributed by atoms with Gasteiger partial charge in [-0.1, -0.05) is 11.6 Å². The first kappa shape index (κ1) is 19.4. The largest absolute Gasteiger partial charge is 0.480 e. The van der Waals surface area contributed by atoms with E-state index in [4.69, 9.17) is 25.8 Å². The zero-order valence-electron chi connectivity index (χ0n) is 16.0. The molecule has 2 fully saturated rings. The zero-order valence-corrected chi connectivity index (χ0v) is 16.7. The highest BCUT2D eigenvalue weighted by molar-refractivity contribution is 6.31. The molecule has 0 spiro atoms. The normalized spacial score (nSPS) is 24.5. The summed E-state index contributed by atoms with van der Waals surface area (Å²) in [4.78, 5) is 27.6. The van der Waals surface area contributed by atoms with E-state index in [1.165, 1.54) is 13.0 Å². The van der Waals surface area contributed by atoms with Gasteiger partial charge in [-0.2, -0.15) is 0 Å². The summed E-state index contributed by atoms with van der Waals surface area (Å²) < 4.78 is 32.3. The molecule has 0 N–H and O–H groups in total. The fourth-order valence-corrected chi connectivity index (χ4v) is 4.10. The Balaban J connectivity index is 1.74. The second kappa shape index (κ2) is 6.86. The van der Waals surface area contributed by atoms with Gasteiger partial charge in [-0.3, -0.25) is 9.59 Å². The molecule has 0 radical (unpaired) electrons. The summed E-state index contributed by atoms with van der Waals surface area (Å²) in [5, 5.41) is -0.0846. The van der Waals surface area contributed by atoms with Crippen LogP contribution < -0.4 is 4.74 Å². The Kier molecular flexibility index (Phi) is 4.76. The molecule has 4 rings (SSSR count). The molecule has 0 saturated carbocycles. The molecule has 1 atom stereocenters. The van der Waals surface area contributed by atoms with Crippen LogP contribution >= 0.6 is 11.6 Å². The summed E-state index contributed by atoms with van der Waals surface area (Å²) >= 11 is 6.16. The van der Waals surface area contributed by atoms with Crippen molar-refractivity contribution in [3.63, 3.8) is 0 Å². The molecule has 0 bridgehead atoms. The highest BCUT2D eigenvalue weighted by Gasteiger charge is 2.44. The molecule has 3 aliphatic heterocycles. The number of carbonyl (C=O) groups excluding carboxylic acids is 2. The van der Waals surface area contributed by atoms with Crippen LogP contribution in [0.2, 0.25) is 5.02 Å². The monoisotopic (exact) mass is 412 g/mol. The quantitative estimate of drug-likeness (QED) is 0.743. The molecule has 0 aromatic heterocycles. The lowest BCUT2D eigenvalue weighted by molar-refractivity contribution is -0.153. The summed E-state index contributed by atoms with van der Waals surface area (Å²) in [7, 11) is 0. The van der Waals surface area contributed by atoms with E-state index in [0.29, 0.717) is 31.9 Å². The minimum Gasteiger partial charge on any atom is -0.480 e. The van der Waals surface area contributed by atoms with Gasteiger partial charge < -0.3 is 24.0 Å². The number of ether oxygens (including phenoxy) is 3. The summed E-state index contributed by atoms with van der Waals surface area (Å²) in [6.07, 6.45) is -0.822. The van der Waals surface area contributed by atoms with Gasteiger partial charge in [0.15, 0.2) is 17.7 Å². The molecule has 28 heavy (non-hydrogen) atoms. The molecule has 152 valence electrons. The molecule has 2 saturated heterocycles. The van der Waals surface area contributed by atoms with Gasteiger partial charge >= 0.3 is 0 Å². The van der Waals surface area contributed by atoms with Gasteiger partial charge in [0, 0.05) is 20.0 Å². The van der Waals surface area contributed by atoms with Crippen molar-refractivity contribution in [3.05, 3.63) is 28.0 Å². The van der Waals surface area contributed by atoms with Gasteiger partial charge in [0.25, 0.3) is 5.91 Å². The Morgan fingerprint density at radius 1 is 1.32 bits per heavy atom. The molecule has 0 aliphatic carbocycles. The topological polar surface area (TPSA) is 68.3 Å². The van der Waals surface area contributed by atoms with Crippen LogP contribution in [0.15, 0.2) is 6.07 Å². The van der Waals surface area contributed by atoms with Crippen molar-refractivity contribution >= 4 is 23.4 Å². The first-order chi connectivity index (χ1) is 13.2. The lowest BCUT2D eigenvalue weighted by atomic mass is 10.00. The van der Waals surface area contributed by atoms with Crippen molar-refractivity contribution in [2.75, 3.05) is 26.3 Å². The van der Waals surface area contributed by atoms with Crippen LogP contribution in [-0.2, 0) is 31.4 Å².